The Hall–Kier alpha value is -3.31. The number of anilines is 2. The highest BCUT2D eigenvalue weighted by atomic mass is 35.5. The number of carbonyl (C=O) groups excluding carboxylic acids is 2. The van der Waals surface area contributed by atoms with Crippen LogP contribution in [0.15, 0.2) is 78.9 Å². The Labute approximate surface area is 187 Å². The first-order valence-corrected chi connectivity index (χ1v) is 10.8. The van der Waals surface area contributed by atoms with Crippen molar-refractivity contribution < 1.29 is 9.59 Å². The first-order chi connectivity index (χ1) is 15.1. The maximum atomic E-state index is 13.5. The van der Waals surface area contributed by atoms with Crippen molar-refractivity contribution >= 4 is 34.8 Å². The SMILES string of the molecule is O=C(CNc1ccccc1Cl)NC1CCCc2ccccc2N1C(=O)c1ccccc1. The third kappa shape index (κ3) is 4.89. The standard InChI is InChI=1S/C25H24ClN3O2/c26-20-13-5-6-14-21(20)27-17-24(30)28-23-16-8-12-18-9-4-7-15-22(18)29(23)25(31)19-10-2-1-3-11-19/h1-7,9-11,13-15,23,27H,8,12,16-17H2,(H,28,30). The Balaban J connectivity index is 1.56. The zero-order valence-electron chi connectivity index (χ0n) is 17.1. The zero-order valence-corrected chi connectivity index (χ0v) is 17.8. The molecule has 1 aliphatic heterocycles. The average Bonchev–Trinajstić information content (AvgIpc) is 2.97. The van der Waals surface area contributed by atoms with Crippen LogP contribution >= 0.6 is 11.6 Å². The van der Waals surface area contributed by atoms with Crippen LogP contribution in [0.25, 0.3) is 0 Å². The van der Waals surface area contributed by atoms with Crippen LogP contribution in [0.2, 0.25) is 5.02 Å². The van der Waals surface area contributed by atoms with Gasteiger partial charge in [0.15, 0.2) is 0 Å². The normalized spacial score (nSPS) is 15.5. The minimum absolute atomic E-state index is 0.0647. The van der Waals surface area contributed by atoms with Crippen LogP contribution in [0, 0.1) is 0 Å². The summed E-state index contributed by atoms with van der Waals surface area (Å²) in [6, 6.07) is 24.4. The van der Waals surface area contributed by atoms with Crippen LogP contribution in [0.5, 0.6) is 0 Å². The Kier molecular flexibility index (Phi) is 6.53. The first kappa shape index (κ1) is 20.9. The molecule has 3 aromatic carbocycles. The highest BCUT2D eigenvalue weighted by molar-refractivity contribution is 6.33. The summed E-state index contributed by atoms with van der Waals surface area (Å²) in [7, 11) is 0. The molecule has 0 saturated carbocycles. The number of nitrogens with one attached hydrogen (secondary N) is 2. The van der Waals surface area contributed by atoms with Crippen LogP contribution in [0.4, 0.5) is 11.4 Å². The van der Waals surface area contributed by atoms with E-state index < -0.39 is 6.17 Å². The van der Waals surface area contributed by atoms with E-state index in [0.29, 0.717) is 22.7 Å². The smallest absolute Gasteiger partial charge is 0.259 e. The van der Waals surface area contributed by atoms with Gasteiger partial charge >= 0.3 is 0 Å². The van der Waals surface area contributed by atoms with Gasteiger partial charge in [0.1, 0.15) is 6.17 Å². The van der Waals surface area contributed by atoms with Gasteiger partial charge in [0.2, 0.25) is 5.91 Å². The molecule has 1 atom stereocenters. The van der Waals surface area contributed by atoms with Gasteiger partial charge in [-0.2, -0.15) is 0 Å². The number of rotatable bonds is 5. The van der Waals surface area contributed by atoms with E-state index in [1.54, 1.807) is 23.1 Å². The molecule has 1 aliphatic rings. The van der Waals surface area contributed by atoms with Crippen molar-refractivity contribution in [3.8, 4) is 0 Å². The fourth-order valence-electron chi connectivity index (χ4n) is 3.86. The quantitative estimate of drug-likeness (QED) is 0.603. The molecule has 4 rings (SSSR count). The van der Waals surface area contributed by atoms with Crippen molar-refractivity contribution in [2.45, 2.75) is 25.4 Å². The molecule has 5 nitrogen and oxygen atoms in total. The summed E-state index contributed by atoms with van der Waals surface area (Å²) in [5, 5.41) is 6.67. The molecule has 0 spiro atoms. The average molecular weight is 434 g/mol. The molecule has 0 aromatic heterocycles. The van der Waals surface area contributed by atoms with Gasteiger partial charge < -0.3 is 10.6 Å². The van der Waals surface area contributed by atoms with Crippen molar-refractivity contribution in [2.24, 2.45) is 0 Å². The third-order valence-electron chi connectivity index (χ3n) is 5.37. The summed E-state index contributed by atoms with van der Waals surface area (Å²) in [6.07, 6.45) is 1.97. The predicted molar refractivity (Wildman–Crippen MR) is 125 cm³/mol. The molecule has 0 fully saturated rings. The van der Waals surface area contributed by atoms with Gasteiger partial charge in [-0.1, -0.05) is 60.1 Å². The van der Waals surface area contributed by atoms with E-state index in [2.05, 4.69) is 10.6 Å². The molecule has 3 aromatic rings. The molecule has 2 N–H and O–H groups in total. The summed E-state index contributed by atoms with van der Waals surface area (Å²) in [6.45, 7) is 0.0647. The van der Waals surface area contributed by atoms with Crippen LogP contribution < -0.4 is 15.5 Å². The van der Waals surface area contributed by atoms with E-state index in [9.17, 15) is 9.59 Å². The molecule has 0 aliphatic carbocycles. The summed E-state index contributed by atoms with van der Waals surface area (Å²) in [5.74, 6) is -0.325. The van der Waals surface area contributed by atoms with Crippen molar-refractivity contribution in [3.63, 3.8) is 0 Å². The molecule has 2 amide bonds. The molecule has 0 saturated heterocycles. The second-order valence-electron chi connectivity index (χ2n) is 7.48. The number of amides is 2. The van der Waals surface area contributed by atoms with Gasteiger partial charge in [0.25, 0.3) is 5.91 Å². The van der Waals surface area contributed by atoms with Gasteiger partial charge in [0.05, 0.1) is 17.3 Å². The lowest BCUT2D eigenvalue weighted by atomic mass is 10.1. The maximum Gasteiger partial charge on any atom is 0.259 e. The second kappa shape index (κ2) is 9.67. The van der Waals surface area contributed by atoms with Gasteiger partial charge in [-0.25, -0.2) is 0 Å². The van der Waals surface area contributed by atoms with E-state index in [1.807, 2.05) is 60.7 Å². The van der Waals surface area contributed by atoms with E-state index in [0.717, 1.165) is 24.1 Å². The number of para-hydroxylation sites is 2. The molecule has 6 heteroatoms. The number of hydrogen-bond acceptors (Lipinski definition) is 3. The molecule has 1 unspecified atom stereocenters. The lowest BCUT2D eigenvalue weighted by Gasteiger charge is -2.32. The number of hydrogen-bond donors (Lipinski definition) is 2. The summed E-state index contributed by atoms with van der Waals surface area (Å²) in [5.41, 5.74) is 3.24. The van der Waals surface area contributed by atoms with E-state index in [1.165, 1.54) is 0 Å². The highest BCUT2D eigenvalue weighted by Crippen LogP contribution is 2.30. The molecule has 158 valence electrons. The van der Waals surface area contributed by atoms with E-state index >= 15 is 0 Å². The van der Waals surface area contributed by atoms with E-state index in [-0.39, 0.29) is 18.4 Å². The van der Waals surface area contributed by atoms with Crippen LogP contribution in [0.3, 0.4) is 0 Å². The fraction of sp³-hybridized carbons (Fsp3) is 0.200. The van der Waals surface area contributed by atoms with Crippen LogP contribution in [0.1, 0.15) is 28.8 Å². The second-order valence-corrected chi connectivity index (χ2v) is 7.89. The minimum atomic E-state index is -0.433. The predicted octanol–water partition coefficient (Wildman–Crippen LogP) is 4.88. The first-order valence-electron chi connectivity index (χ1n) is 10.4. The number of fused-ring (bicyclic) bond motifs is 1. The lowest BCUT2D eigenvalue weighted by Crippen LogP contribution is -2.52. The van der Waals surface area contributed by atoms with Gasteiger partial charge in [-0.15, -0.1) is 0 Å². The molecule has 0 bridgehead atoms. The van der Waals surface area contributed by atoms with Gasteiger partial charge in [0, 0.05) is 11.3 Å². The number of nitrogens with zero attached hydrogens (tertiary/aromatic N) is 1. The molecule has 1 heterocycles. The zero-order chi connectivity index (χ0) is 21.6. The highest BCUT2D eigenvalue weighted by Gasteiger charge is 2.31. The van der Waals surface area contributed by atoms with Crippen molar-refractivity contribution in [1.82, 2.24) is 5.32 Å². The lowest BCUT2D eigenvalue weighted by molar-refractivity contribution is -0.120. The Bertz CT molecular complexity index is 1070. The van der Waals surface area contributed by atoms with Crippen molar-refractivity contribution in [3.05, 3.63) is 95.0 Å². The molecular formula is C25H24ClN3O2. The monoisotopic (exact) mass is 433 g/mol. The fourth-order valence-corrected chi connectivity index (χ4v) is 4.07. The Morgan fingerprint density at radius 3 is 2.45 bits per heavy atom. The number of benzene rings is 3. The van der Waals surface area contributed by atoms with Crippen molar-refractivity contribution in [1.29, 1.82) is 0 Å². The number of carbonyl (C=O) groups is 2. The Morgan fingerprint density at radius 2 is 1.65 bits per heavy atom. The van der Waals surface area contributed by atoms with Crippen LogP contribution in [-0.4, -0.2) is 24.5 Å². The molecular weight excluding hydrogens is 410 g/mol. The maximum absolute atomic E-state index is 13.5. The largest absolute Gasteiger partial charge is 0.375 e. The summed E-state index contributed by atoms with van der Waals surface area (Å²) in [4.78, 5) is 28.0. The third-order valence-corrected chi connectivity index (χ3v) is 5.70. The Morgan fingerprint density at radius 1 is 0.935 bits per heavy atom. The topological polar surface area (TPSA) is 61.4 Å². The molecule has 0 radical (unpaired) electrons. The van der Waals surface area contributed by atoms with Crippen molar-refractivity contribution in [2.75, 3.05) is 16.8 Å². The number of halogens is 1. The minimum Gasteiger partial charge on any atom is -0.375 e. The van der Waals surface area contributed by atoms with Crippen LogP contribution in [-0.2, 0) is 11.2 Å². The van der Waals surface area contributed by atoms with Gasteiger partial charge in [-0.3, -0.25) is 14.5 Å². The van der Waals surface area contributed by atoms with Gasteiger partial charge in [-0.05, 0) is 55.2 Å². The summed E-state index contributed by atoms with van der Waals surface area (Å²) >= 11 is 6.16. The summed E-state index contributed by atoms with van der Waals surface area (Å²) < 4.78 is 0. The number of aryl methyl sites for hydroxylation is 1. The van der Waals surface area contributed by atoms with E-state index in [4.69, 9.17) is 11.6 Å². The molecule has 31 heavy (non-hydrogen) atoms.